The molecule has 220 valence electrons. The second-order valence-corrected chi connectivity index (χ2v) is 11.2. The molecule has 2 aliphatic heterocycles. The van der Waals surface area contributed by atoms with Gasteiger partial charge in [-0.2, -0.15) is 0 Å². The molecule has 2 fully saturated rings. The van der Waals surface area contributed by atoms with Crippen molar-refractivity contribution >= 4 is 0 Å². The number of nitrogens with two attached hydrogens (primary N) is 1. The predicted molar refractivity (Wildman–Crippen MR) is 157 cm³/mol. The van der Waals surface area contributed by atoms with Gasteiger partial charge in [-0.1, -0.05) is 105 Å². The largest absolute Gasteiger partial charge is 0.371 e. The molecule has 0 spiro atoms. The van der Waals surface area contributed by atoms with E-state index in [-0.39, 0.29) is 49.1 Å². The van der Waals surface area contributed by atoms with Gasteiger partial charge in [-0.15, -0.1) is 0 Å². The van der Waals surface area contributed by atoms with Gasteiger partial charge in [0, 0.05) is 11.5 Å². The van der Waals surface area contributed by atoms with E-state index in [1.807, 2.05) is 97.9 Å². The summed E-state index contributed by atoms with van der Waals surface area (Å²) in [5, 5.41) is 0. The van der Waals surface area contributed by atoms with Gasteiger partial charge in [0.25, 0.3) is 0 Å². The van der Waals surface area contributed by atoms with Crippen LogP contribution in [0.25, 0.3) is 0 Å². The van der Waals surface area contributed by atoms with Crippen molar-refractivity contribution in [2.75, 3.05) is 13.2 Å². The number of benzene rings is 3. The van der Waals surface area contributed by atoms with Crippen LogP contribution >= 0.6 is 0 Å². The van der Waals surface area contributed by atoms with E-state index >= 15 is 0 Å². The molecule has 3 aromatic carbocycles. The maximum atomic E-state index is 6.73. The van der Waals surface area contributed by atoms with Crippen LogP contribution in [-0.2, 0) is 41.6 Å². The zero-order valence-corrected chi connectivity index (χ0v) is 24.2. The lowest BCUT2D eigenvalue weighted by molar-refractivity contribution is -0.343. The summed E-state index contributed by atoms with van der Waals surface area (Å²) < 4.78 is 37.7. The molecule has 0 saturated carbocycles. The molecule has 0 aliphatic carbocycles. The quantitative estimate of drug-likeness (QED) is 0.307. The highest BCUT2D eigenvalue weighted by atomic mass is 16.7. The van der Waals surface area contributed by atoms with Crippen molar-refractivity contribution in [3.63, 3.8) is 0 Å². The van der Waals surface area contributed by atoms with Crippen molar-refractivity contribution < 1.29 is 28.4 Å². The lowest BCUT2D eigenvalue weighted by Gasteiger charge is -2.48. The van der Waals surface area contributed by atoms with Crippen LogP contribution in [0.2, 0.25) is 0 Å². The second-order valence-electron chi connectivity index (χ2n) is 11.2. The minimum atomic E-state index is -0.423. The second kappa shape index (κ2) is 14.5. The van der Waals surface area contributed by atoms with Gasteiger partial charge in [0.05, 0.1) is 44.7 Å². The Morgan fingerprint density at radius 3 is 2.00 bits per heavy atom. The molecule has 2 N–H and O–H groups in total. The molecular weight excluding hydrogens is 518 g/mol. The van der Waals surface area contributed by atoms with Crippen LogP contribution in [0.1, 0.15) is 43.8 Å². The summed E-state index contributed by atoms with van der Waals surface area (Å²) in [4.78, 5) is 0. The summed E-state index contributed by atoms with van der Waals surface area (Å²) in [5.41, 5.74) is 9.92. The first-order chi connectivity index (χ1) is 20.0. The van der Waals surface area contributed by atoms with E-state index in [0.717, 1.165) is 16.7 Å². The van der Waals surface area contributed by atoms with Crippen LogP contribution in [0.5, 0.6) is 0 Å². The van der Waals surface area contributed by atoms with Crippen molar-refractivity contribution in [3.8, 4) is 0 Å². The van der Waals surface area contributed by atoms with Gasteiger partial charge in [-0.05, 0) is 24.0 Å². The monoisotopic (exact) mass is 561 g/mol. The molecule has 0 aromatic heterocycles. The Labute approximate surface area is 243 Å². The molecule has 2 saturated heterocycles. The Kier molecular flexibility index (Phi) is 10.6. The van der Waals surface area contributed by atoms with Crippen LogP contribution < -0.4 is 5.73 Å². The summed E-state index contributed by atoms with van der Waals surface area (Å²) in [5.74, 6) is 0.316. The third-order valence-corrected chi connectivity index (χ3v) is 8.20. The molecule has 9 atom stereocenters. The van der Waals surface area contributed by atoms with Crippen molar-refractivity contribution in [3.05, 3.63) is 108 Å². The average Bonchev–Trinajstić information content (AvgIpc) is 3.02. The van der Waals surface area contributed by atoms with Gasteiger partial charge >= 0.3 is 0 Å². The minimum absolute atomic E-state index is 0.0779. The van der Waals surface area contributed by atoms with Gasteiger partial charge in [0.1, 0.15) is 12.2 Å². The van der Waals surface area contributed by atoms with Gasteiger partial charge < -0.3 is 34.2 Å². The number of rotatable bonds is 12. The van der Waals surface area contributed by atoms with E-state index < -0.39 is 12.3 Å². The number of fused-ring (bicyclic) bond motifs is 1. The first-order valence-electron chi connectivity index (χ1n) is 14.7. The van der Waals surface area contributed by atoms with Crippen LogP contribution in [0.3, 0.4) is 0 Å². The Morgan fingerprint density at radius 2 is 1.37 bits per heavy atom. The summed E-state index contributed by atoms with van der Waals surface area (Å²) in [6, 6.07) is 29.8. The van der Waals surface area contributed by atoms with E-state index in [4.69, 9.17) is 34.2 Å². The third kappa shape index (κ3) is 7.81. The maximum Gasteiger partial charge on any atom is 0.184 e. The van der Waals surface area contributed by atoms with E-state index in [9.17, 15) is 0 Å². The molecule has 7 heteroatoms. The van der Waals surface area contributed by atoms with Crippen molar-refractivity contribution in [2.45, 2.75) is 77.0 Å². The Hall–Kier alpha value is -2.62. The molecule has 3 unspecified atom stereocenters. The highest BCUT2D eigenvalue weighted by Gasteiger charge is 2.47. The Balaban J connectivity index is 1.18. The van der Waals surface area contributed by atoms with E-state index in [0.29, 0.717) is 19.8 Å². The summed E-state index contributed by atoms with van der Waals surface area (Å²) in [6.45, 7) is 7.97. The highest BCUT2D eigenvalue weighted by molar-refractivity contribution is 5.17. The van der Waals surface area contributed by atoms with Gasteiger partial charge in [0.15, 0.2) is 12.6 Å². The Morgan fingerprint density at radius 1 is 0.780 bits per heavy atom. The summed E-state index contributed by atoms with van der Waals surface area (Å²) >= 11 is 0. The van der Waals surface area contributed by atoms with Crippen LogP contribution in [-0.4, -0.2) is 50.0 Å². The first kappa shape index (κ1) is 29.9. The van der Waals surface area contributed by atoms with Crippen LogP contribution in [0.4, 0.5) is 0 Å². The van der Waals surface area contributed by atoms with Gasteiger partial charge in [-0.25, -0.2) is 0 Å². The van der Waals surface area contributed by atoms with Gasteiger partial charge in [-0.3, -0.25) is 0 Å². The molecule has 5 rings (SSSR count). The molecule has 2 heterocycles. The number of hydrogen-bond acceptors (Lipinski definition) is 7. The first-order valence-corrected chi connectivity index (χ1v) is 14.7. The van der Waals surface area contributed by atoms with E-state index in [1.165, 1.54) is 0 Å². The number of hydrogen-bond donors (Lipinski definition) is 1. The third-order valence-electron chi connectivity index (χ3n) is 8.20. The highest BCUT2D eigenvalue weighted by Crippen LogP contribution is 2.39. The summed E-state index contributed by atoms with van der Waals surface area (Å²) in [7, 11) is 0. The van der Waals surface area contributed by atoms with E-state index in [2.05, 4.69) is 13.8 Å². The molecule has 41 heavy (non-hydrogen) atoms. The number of ether oxygens (including phenoxy) is 6. The molecule has 0 amide bonds. The minimum Gasteiger partial charge on any atom is -0.371 e. The lowest BCUT2D eigenvalue weighted by atomic mass is 9.84. The molecule has 7 nitrogen and oxygen atoms in total. The molecule has 2 aliphatic rings. The topological polar surface area (TPSA) is 81.4 Å². The van der Waals surface area contributed by atoms with Crippen molar-refractivity contribution in [2.24, 2.45) is 17.6 Å². The molecule has 0 radical (unpaired) electrons. The van der Waals surface area contributed by atoms with Gasteiger partial charge in [0.2, 0.25) is 0 Å². The lowest BCUT2D eigenvalue weighted by Crippen LogP contribution is -2.56. The fourth-order valence-electron chi connectivity index (χ4n) is 5.52. The standard InChI is InChI=1S/C34H43NO6/c1-23-24(2)33(40-30-22-39-34(41-31(23)30)28-17-11-6-12-18-28)38-21-29(35)32(37-20-27-15-9-5-10-16-27)25(3)36-19-26-13-7-4-8-14-26/h4-18,23-25,29-34H,19-22,35H2,1-3H3/t23?,24-,25+,29-,30?,31+,32+,33-,34?/m0/s1. The van der Waals surface area contributed by atoms with Crippen LogP contribution in [0.15, 0.2) is 91.0 Å². The normalized spacial score (nSPS) is 28.4. The molecule has 0 bridgehead atoms. The fraction of sp³-hybridized carbons (Fsp3) is 0.471. The summed E-state index contributed by atoms with van der Waals surface area (Å²) in [6.07, 6.45) is -1.72. The zero-order valence-electron chi connectivity index (χ0n) is 24.2. The fourth-order valence-corrected chi connectivity index (χ4v) is 5.52. The van der Waals surface area contributed by atoms with Crippen molar-refractivity contribution in [1.29, 1.82) is 0 Å². The smallest absolute Gasteiger partial charge is 0.184 e. The molecule has 3 aromatic rings. The van der Waals surface area contributed by atoms with E-state index in [1.54, 1.807) is 0 Å². The predicted octanol–water partition coefficient (Wildman–Crippen LogP) is 5.63. The SMILES string of the molecule is CC1[C@H]2OC(c3ccccc3)OCC2O[C@H](OC[C@H](N)[C@H](OCc2ccccc2)[C@@H](C)OCc2ccccc2)[C@H]1C. The zero-order chi connectivity index (χ0) is 28.6. The van der Waals surface area contributed by atoms with Crippen molar-refractivity contribution in [1.82, 2.24) is 0 Å². The maximum absolute atomic E-state index is 6.73. The average molecular weight is 562 g/mol. The van der Waals surface area contributed by atoms with Crippen LogP contribution in [0, 0.1) is 11.8 Å². The Bertz CT molecular complexity index is 1160. The molecular formula is C34H43NO6.